The second-order valence-corrected chi connectivity index (χ2v) is 8.23. The van der Waals surface area contributed by atoms with Crippen LogP contribution in [0.15, 0.2) is 41.3 Å². The molecule has 6 nitrogen and oxygen atoms in total. The third-order valence-corrected chi connectivity index (χ3v) is 5.89. The van der Waals surface area contributed by atoms with Crippen LogP contribution < -0.4 is 10.0 Å². The molecule has 0 heterocycles. The summed E-state index contributed by atoms with van der Waals surface area (Å²) in [5.41, 5.74) is -0.382. The average molecular weight is 414 g/mol. The van der Waals surface area contributed by atoms with Crippen LogP contribution in [0.4, 0.5) is 18.9 Å². The summed E-state index contributed by atoms with van der Waals surface area (Å²) in [6.45, 7) is 0. The topological polar surface area (TPSA) is 95.5 Å². The molecule has 1 fully saturated rings. The first kappa shape index (κ1) is 20.3. The largest absolute Gasteiger partial charge is 0.393 e. The highest BCUT2D eigenvalue weighted by molar-refractivity contribution is 7.89. The van der Waals surface area contributed by atoms with Crippen molar-refractivity contribution in [1.82, 2.24) is 4.72 Å². The number of amides is 1. The Morgan fingerprint density at radius 1 is 1.07 bits per heavy atom. The minimum atomic E-state index is -3.93. The van der Waals surface area contributed by atoms with Gasteiger partial charge in [0.15, 0.2) is 17.5 Å². The number of sulfonamides is 1. The zero-order valence-electron chi connectivity index (χ0n) is 14.5. The van der Waals surface area contributed by atoms with Crippen LogP contribution in [0.25, 0.3) is 0 Å². The van der Waals surface area contributed by atoms with Crippen LogP contribution >= 0.6 is 0 Å². The van der Waals surface area contributed by atoms with E-state index in [0.29, 0.717) is 31.4 Å². The molecule has 2 aromatic carbocycles. The van der Waals surface area contributed by atoms with Crippen molar-refractivity contribution in [2.75, 3.05) is 5.32 Å². The second-order valence-electron chi connectivity index (χ2n) is 6.52. The van der Waals surface area contributed by atoms with E-state index >= 15 is 0 Å². The Hall–Kier alpha value is -2.43. The van der Waals surface area contributed by atoms with Crippen molar-refractivity contribution in [3.05, 3.63) is 59.4 Å². The smallest absolute Gasteiger partial charge is 0.255 e. The lowest BCUT2D eigenvalue weighted by Crippen LogP contribution is -2.33. The van der Waals surface area contributed by atoms with Gasteiger partial charge < -0.3 is 10.4 Å². The molecule has 1 aliphatic rings. The second kappa shape index (κ2) is 7.90. The normalized spacial score (nSPS) is 19.6. The molecule has 2 aromatic rings. The molecule has 3 rings (SSSR count). The third kappa shape index (κ3) is 4.51. The van der Waals surface area contributed by atoms with Gasteiger partial charge >= 0.3 is 0 Å². The molecule has 1 amide bonds. The van der Waals surface area contributed by atoms with E-state index in [1.807, 2.05) is 0 Å². The standard InChI is InChI=1S/C18H17F3N2O4S/c19-15-8-12(9-16(20)17(15)21)22-18(25)10-2-1-3-14(6-10)28(26,27)23-11-4-5-13(24)7-11/h1-3,6,8-9,11,13,23-24H,4-5,7H2,(H,22,25). The van der Waals surface area contributed by atoms with Gasteiger partial charge in [-0.15, -0.1) is 0 Å². The first-order valence-corrected chi connectivity index (χ1v) is 9.90. The number of benzene rings is 2. The highest BCUT2D eigenvalue weighted by Crippen LogP contribution is 2.22. The van der Waals surface area contributed by atoms with E-state index < -0.39 is 45.5 Å². The fourth-order valence-electron chi connectivity index (χ4n) is 2.99. The molecule has 10 heteroatoms. The van der Waals surface area contributed by atoms with Gasteiger partial charge in [0.1, 0.15) is 0 Å². The van der Waals surface area contributed by atoms with Crippen LogP contribution in [0.5, 0.6) is 0 Å². The SMILES string of the molecule is O=C(Nc1cc(F)c(F)c(F)c1)c1cccc(S(=O)(=O)NC2CCC(O)C2)c1. The summed E-state index contributed by atoms with van der Waals surface area (Å²) in [6, 6.07) is 5.90. The summed E-state index contributed by atoms with van der Waals surface area (Å²) in [5, 5.41) is 11.7. The number of rotatable bonds is 5. The minimum Gasteiger partial charge on any atom is -0.393 e. The predicted molar refractivity (Wildman–Crippen MR) is 94.7 cm³/mol. The van der Waals surface area contributed by atoms with Gasteiger partial charge in [-0.25, -0.2) is 26.3 Å². The number of anilines is 1. The van der Waals surface area contributed by atoms with Gasteiger partial charge in [-0.1, -0.05) is 6.07 Å². The summed E-state index contributed by atoms with van der Waals surface area (Å²) < 4.78 is 67.0. The Bertz CT molecular complexity index is 991. The van der Waals surface area contributed by atoms with Crippen LogP contribution in [0.2, 0.25) is 0 Å². The number of hydrogen-bond donors (Lipinski definition) is 3. The molecule has 28 heavy (non-hydrogen) atoms. The molecule has 0 aromatic heterocycles. The molecular weight excluding hydrogens is 397 g/mol. The molecule has 2 unspecified atom stereocenters. The van der Waals surface area contributed by atoms with Crippen LogP contribution in [0.3, 0.4) is 0 Å². The Morgan fingerprint density at radius 3 is 2.36 bits per heavy atom. The molecule has 0 radical (unpaired) electrons. The van der Waals surface area contributed by atoms with Gasteiger partial charge in [0.25, 0.3) is 5.91 Å². The van der Waals surface area contributed by atoms with E-state index in [-0.39, 0.29) is 16.1 Å². The molecule has 1 saturated carbocycles. The quantitative estimate of drug-likeness (QED) is 0.656. The summed E-state index contributed by atoms with van der Waals surface area (Å²) in [6.07, 6.45) is 0.755. The first-order valence-electron chi connectivity index (χ1n) is 8.42. The number of nitrogens with one attached hydrogen (secondary N) is 2. The first-order chi connectivity index (χ1) is 13.2. The van der Waals surface area contributed by atoms with Crippen molar-refractivity contribution < 1.29 is 31.5 Å². The third-order valence-electron chi connectivity index (χ3n) is 4.37. The Balaban J connectivity index is 1.78. The summed E-state index contributed by atoms with van der Waals surface area (Å²) >= 11 is 0. The van der Waals surface area contributed by atoms with Gasteiger partial charge in [-0.3, -0.25) is 4.79 Å². The maximum Gasteiger partial charge on any atom is 0.255 e. The Kier molecular flexibility index (Phi) is 5.73. The maximum atomic E-state index is 13.3. The lowest BCUT2D eigenvalue weighted by atomic mass is 10.2. The highest BCUT2D eigenvalue weighted by atomic mass is 32.2. The van der Waals surface area contributed by atoms with Gasteiger partial charge in [-0.05, 0) is 37.5 Å². The maximum absolute atomic E-state index is 13.3. The van der Waals surface area contributed by atoms with Crippen LogP contribution in [0, 0.1) is 17.5 Å². The van der Waals surface area contributed by atoms with Crippen molar-refractivity contribution in [1.29, 1.82) is 0 Å². The zero-order valence-corrected chi connectivity index (χ0v) is 15.3. The van der Waals surface area contributed by atoms with Gasteiger partial charge in [0.2, 0.25) is 10.0 Å². The molecule has 3 N–H and O–H groups in total. The van der Waals surface area contributed by atoms with Gasteiger partial charge in [0.05, 0.1) is 11.0 Å². The van der Waals surface area contributed by atoms with E-state index in [1.165, 1.54) is 18.2 Å². The van der Waals surface area contributed by atoms with E-state index in [1.54, 1.807) is 0 Å². The minimum absolute atomic E-state index is 0.0699. The van der Waals surface area contributed by atoms with Gasteiger partial charge in [-0.2, -0.15) is 0 Å². The van der Waals surface area contributed by atoms with Crippen molar-refractivity contribution in [2.45, 2.75) is 36.3 Å². The van der Waals surface area contributed by atoms with E-state index in [2.05, 4.69) is 10.0 Å². The molecule has 0 saturated heterocycles. The van der Waals surface area contributed by atoms with E-state index in [9.17, 15) is 31.5 Å². The fraction of sp³-hybridized carbons (Fsp3) is 0.278. The molecule has 150 valence electrons. The lowest BCUT2D eigenvalue weighted by molar-refractivity contribution is 0.102. The monoisotopic (exact) mass is 414 g/mol. The number of hydrogen-bond acceptors (Lipinski definition) is 4. The zero-order chi connectivity index (χ0) is 20.5. The number of aliphatic hydroxyl groups excluding tert-OH is 1. The van der Waals surface area contributed by atoms with E-state index in [0.717, 1.165) is 6.07 Å². The van der Waals surface area contributed by atoms with Crippen LogP contribution in [-0.2, 0) is 10.0 Å². The predicted octanol–water partition coefficient (Wildman–Crippen LogP) is 2.55. The van der Waals surface area contributed by atoms with Crippen molar-refractivity contribution in [3.63, 3.8) is 0 Å². The van der Waals surface area contributed by atoms with E-state index in [4.69, 9.17) is 0 Å². The lowest BCUT2D eigenvalue weighted by Gasteiger charge is -2.13. The highest BCUT2D eigenvalue weighted by Gasteiger charge is 2.28. The summed E-state index contributed by atoms with van der Waals surface area (Å²) in [7, 11) is -3.93. The Labute approximate surface area is 159 Å². The summed E-state index contributed by atoms with van der Waals surface area (Å²) in [5.74, 6) is -5.41. The molecule has 0 bridgehead atoms. The summed E-state index contributed by atoms with van der Waals surface area (Å²) in [4.78, 5) is 12.1. The van der Waals surface area contributed by atoms with Crippen molar-refractivity contribution in [2.24, 2.45) is 0 Å². The number of carbonyl (C=O) groups excluding carboxylic acids is 1. The average Bonchev–Trinajstić information content (AvgIpc) is 3.03. The van der Waals surface area contributed by atoms with Crippen molar-refractivity contribution in [3.8, 4) is 0 Å². The number of aliphatic hydroxyl groups is 1. The molecule has 2 atom stereocenters. The fourth-order valence-corrected chi connectivity index (χ4v) is 4.32. The molecule has 0 spiro atoms. The number of carbonyl (C=O) groups is 1. The molecular formula is C18H17F3N2O4S. The molecule has 1 aliphatic carbocycles. The molecule has 0 aliphatic heterocycles. The number of halogens is 3. The van der Waals surface area contributed by atoms with Crippen LogP contribution in [0.1, 0.15) is 29.6 Å². The Morgan fingerprint density at radius 2 is 1.75 bits per heavy atom. The van der Waals surface area contributed by atoms with Gasteiger partial charge in [0, 0.05) is 29.4 Å². The van der Waals surface area contributed by atoms with Crippen molar-refractivity contribution >= 4 is 21.6 Å². The van der Waals surface area contributed by atoms with Crippen LogP contribution in [-0.4, -0.2) is 31.6 Å².